The van der Waals surface area contributed by atoms with Crippen molar-refractivity contribution in [3.63, 3.8) is 0 Å². The molecule has 3 rings (SSSR count). The summed E-state index contributed by atoms with van der Waals surface area (Å²) in [6.07, 6.45) is 4.86. The molecule has 0 aliphatic carbocycles. The molecule has 35 heavy (non-hydrogen) atoms. The van der Waals surface area contributed by atoms with Crippen LogP contribution in [0.2, 0.25) is 0 Å². The van der Waals surface area contributed by atoms with Crippen molar-refractivity contribution in [2.24, 2.45) is 12.8 Å². The number of aromatic nitrogens is 2. The number of rotatable bonds is 14. The van der Waals surface area contributed by atoms with Gasteiger partial charge in [-0.15, -0.1) is 0 Å². The molecule has 0 radical (unpaired) electrons. The van der Waals surface area contributed by atoms with Crippen LogP contribution in [-0.2, 0) is 27.8 Å². The molecule has 0 saturated carbocycles. The summed E-state index contributed by atoms with van der Waals surface area (Å²) in [5, 5.41) is 2.55. The Morgan fingerprint density at radius 2 is 2.09 bits per heavy atom. The van der Waals surface area contributed by atoms with Gasteiger partial charge in [0, 0.05) is 64.9 Å². The van der Waals surface area contributed by atoms with Gasteiger partial charge in [-0.3, -0.25) is 13.9 Å². The van der Waals surface area contributed by atoms with Crippen molar-refractivity contribution < 1.29 is 14.3 Å². The first-order chi connectivity index (χ1) is 17.0. The molecule has 1 fully saturated rings. The molecule has 1 aromatic heterocycles. The number of hydrogen-bond acceptors (Lipinski definition) is 8. The SMILES string of the molecule is CNC(=O)CCC(C=O)n1c(=O)n(C)c2c(CCCOCCNSN3CCC(N)CC3)cccc21. The van der Waals surface area contributed by atoms with Crippen molar-refractivity contribution in [2.45, 2.75) is 50.6 Å². The lowest BCUT2D eigenvalue weighted by Crippen LogP contribution is -2.37. The number of imidazole rings is 1. The first-order valence-electron chi connectivity index (χ1n) is 12.3. The van der Waals surface area contributed by atoms with E-state index < -0.39 is 6.04 Å². The van der Waals surface area contributed by atoms with E-state index in [2.05, 4.69) is 14.3 Å². The van der Waals surface area contributed by atoms with E-state index in [4.69, 9.17) is 10.5 Å². The van der Waals surface area contributed by atoms with Crippen LogP contribution in [0.4, 0.5) is 0 Å². The normalized spacial score (nSPS) is 16.0. The van der Waals surface area contributed by atoms with Crippen LogP contribution in [0, 0.1) is 0 Å². The third-order valence-electron chi connectivity index (χ3n) is 6.40. The van der Waals surface area contributed by atoms with Gasteiger partial charge in [0.1, 0.15) is 6.29 Å². The average Bonchev–Trinajstić information content (AvgIpc) is 3.12. The van der Waals surface area contributed by atoms with Crippen LogP contribution in [-0.4, -0.2) is 71.6 Å². The first-order valence-corrected chi connectivity index (χ1v) is 13.1. The molecule has 4 N–H and O–H groups in total. The molecule has 0 spiro atoms. The molecular formula is C24H38N6O4S. The minimum Gasteiger partial charge on any atom is -0.380 e. The number of carbonyl (C=O) groups excluding carboxylic acids is 2. The summed E-state index contributed by atoms with van der Waals surface area (Å²) in [6.45, 7) is 4.04. The number of hydrogen-bond donors (Lipinski definition) is 3. The Morgan fingerprint density at radius 3 is 2.80 bits per heavy atom. The second-order valence-electron chi connectivity index (χ2n) is 8.88. The summed E-state index contributed by atoms with van der Waals surface area (Å²) < 4.78 is 14.5. The number of nitrogens with one attached hydrogen (secondary N) is 2. The maximum Gasteiger partial charge on any atom is 0.329 e. The van der Waals surface area contributed by atoms with Crippen LogP contribution in [0.25, 0.3) is 11.0 Å². The molecular weight excluding hydrogens is 468 g/mol. The highest BCUT2D eigenvalue weighted by molar-refractivity contribution is 7.95. The van der Waals surface area contributed by atoms with E-state index in [1.54, 1.807) is 30.8 Å². The third-order valence-corrected chi connectivity index (χ3v) is 7.35. The zero-order valence-electron chi connectivity index (χ0n) is 20.7. The molecule has 1 unspecified atom stereocenters. The van der Waals surface area contributed by atoms with Gasteiger partial charge in [0.05, 0.1) is 23.7 Å². The number of nitrogens with two attached hydrogens (primary N) is 1. The molecule has 2 aromatic rings. The van der Waals surface area contributed by atoms with Gasteiger partial charge in [-0.05, 0) is 43.7 Å². The third kappa shape index (κ3) is 7.40. The number of ether oxygens (including phenoxy) is 1. The van der Waals surface area contributed by atoms with E-state index in [0.717, 1.165) is 62.7 Å². The van der Waals surface area contributed by atoms with Crippen molar-refractivity contribution in [2.75, 3.05) is 39.9 Å². The van der Waals surface area contributed by atoms with E-state index >= 15 is 0 Å². The van der Waals surface area contributed by atoms with Gasteiger partial charge in [-0.25, -0.2) is 13.8 Å². The second kappa shape index (κ2) is 13.8. The Balaban J connectivity index is 1.50. The second-order valence-corrected chi connectivity index (χ2v) is 9.87. The van der Waals surface area contributed by atoms with Crippen LogP contribution in [0.1, 0.15) is 43.7 Å². The first kappa shape index (κ1) is 27.4. The molecule has 10 nitrogen and oxygen atoms in total. The fourth-order valence-corrected chi connectivity index (χ4v) is 5.14. The maximum absolute atomic E-state index is 13.0. The highest BCUT2D eigenvalue weighted by Gasteiger charge is 2.21. The van der Waals surface area contributed by atoms with Gasteiger partial charge in [0.2, 0.25) is 5.91 Å². The standard InChI is InChI=1S/C24H38N6O4S/c1-26-22(32)9-8-20(17-31)30-21-7-3-5-18(23(21)28(2)24(30)33)6-4-15-34-16-12-27-35-29-13-10-19(25)11-14-29/h3,5,7,17,19-20,27H,4,6,8-16,25H2,1-2H3,(H,26,32). The van der Waals surface area contributed by atoms with Gasteiger partial charge >= 0.3 is 5.69 Å². The van der Waals surface area contributed by atoms with E-state index in [0.29, 0.717) is 24.8 Å². The molecule has 1 aliphatic heterocycles. The molecule has 1 atom stereocenters. The molecule has 2 heterocycles. The maximum atomic E-state index is 13.0. The predicted molar refractivity (Wildman–Crippen MR) is 139 cm³/mol. The number of amides is 1. The summed E-state index contributed by atoms with van der Waals surface area (Å²) >= 11 is 1.64. The average molecular weight is 507 g/mol. The van der Waals surface area contributed by atoms with Crippen LogP contribution in [0.3, 0.4) is 0 Å². The van der Waals surface area contributed by atoms with Crippen molar-refractivity contribution >= 4 is 35.4 Å². The van der Waals surface area contributed by atoms with E-state index in [-0.39, 0.29) is 24.4 Å². The molecule has 1 aromatic carbocycles. The van der Waals surface area contributed by atoms with E-state index in [1.807, 2.05) is 18.2 Å². The number of carbonyl (C=O) groups is 2. The number of para-hydroxylation sites is 1. The van der Waals surface area contributed by atoms with Gasteiger partial charge < -0.3 is 20.6 Å². The van der Waals surface area contributed by atoms with Crippen LogP contribution < -0.4 is 21.5 Å². The lowest BCUT2D eigenvalue weighted by molar-refractivity contribution is -0.121. The Hall–Kier alpha value is -2.18. The van der Waals surface area contributed by atoms with Gasteiger partial charge in [-0.2, -0.15) is 0 Å². The molecule has 11 heteroatoms. The smallest absolute Gasteiger partial charge is 0.329 e. The van der Waals surface area contributed by atoms with Crippen molar-refractivity contribution in [3.05, 3.63) is 34.2 Å². The highest BCUT2D eigenvalue weighted by atomic mass is 32.2. The fourth-order valence-electron chi connectivity index (χ4n) is 4.39. The highest BCUT2D eigenvalue weighted by Crippen LogP contribution is 2.23. The molecule has 1 amide bonds. The Bertz CT molecular complexity index is 1030. The fraction of sp³-hybridized carbons (Fsp3) is 0.625. The van der Waals surface area contributed by atoms with Crippen molar-refractivity contribution in [1.82, 2.24) is 23.5 Å². The predicted octanol–water partition coefficient (Wildman–Crippen LogP) is 1.13. The van der Waals surface area contributed by atoms with Gasteiger partial charge in [0.25, 0.3) is 0 Å². The van der Waals surface area contributed by atoms with Crippen LogP contribution in [0.5, 0.6) is 0 Å². The summed E-state index contributed by atoms with van der Waals surface area (Å²) in [5.41, 5.74) is 8.26. The number of aryl methyl sites for hydroxylation is 2. The van der Waals surface area contributed by atoms with E-state index in [1.165, 1.54) is 4.57 Å². The van der Waals surface area contributed by atoms with Crippen LogP contribution in [0.15, 0.2) is 23.0 Å². The lowest BCUT2D eigenvalue weighted by Gasteiger charge is -2.28. The number of benzene rings is 1. The molecule has 194 valence electrons. The molecule has 1 aliphatic rings. The van der Waals surface area contributed by atoms with E-state index in [9.17, 15) is 14.4 Å². The Morgan fingerprint density at radius 1 is 1.31 bits per heavy atom. The van der Waals surface area contributed by atoms with Crippen molar-refractivity contribution in [3.8, 4) is 0 Å². The minimum atomic E-state index is -0.686. The number of nitrogens with zero attached hydrogens (tertiary/aromatic N) is 3. The summed E-state index contributed by atoms with van der Waals surface area (Å²) in [6, 6.07) is 5.42. The number of aldehydes is 1. The summed E-state index contributed by atoms with van der Waals surface area (Å²) in [7, 11) is 3.28. The Labute approximate surface area is 210 Å². The minimum absolute atomic E-state index is 0.157. The quantitative estimate of drug-likeness (QED) is 0.198. The van der Waals surface area contributed by atoms with Gasteiger partial charge in [-0.1, -0.05) is 12.1 Å². The topological polar surface area (TPSA) is 124 Å². The number of fused-ring (bicyclic) bond motifs is 1. The zero-order valence-corrected chi connectivity index (χ0v) is 21.5. The van der Waals surface area contributed by atoms with Crippen molar-refractivity contribution in [1.29, 1.82) is 0 Å². The van der Waals surface area contributed by atoms with Crippen LogP contribution >= 0.6 is 12.1 Å². The summed E-state index contributed by atoms with van der Waals surface area (Å²) in [4.78, 5) is 36.4. The zero-order chi connectivity index (χ0) is 25.2. The largest absolute Gasteiger partial charge is 0.380 e. The number of piperidine rings is 1. The molecule has 0 bridgehead atoms. The monoisotopic (exact) mass is 506 g/mol. The van der Waals surface area contributed by atoms with Gasteiger partial charge in [0.15, 0.2) is 0 Å². The molecule has 1 saturated heterocycles. The summed E-state index contributed by atoms with van der Waals surface area (Å²) in [5.74, 6) is -0.157. The Kier molecular flexibility index (Phi) is 10.8. The lowest BCUT2D eigenvalue weighted by atomic mass is 10.1.